The molecular formula is C13H21BrN2. The van der Waals surface area contributed by atoms with Gasteiger partial charge in [-0.25, -0.2) is 0 Å². The van der Waals surface area contributed by atoms with Gasteiger partial charge in [0.25, 0.3) is 0 Å². The summed E-state index contributed by atoms with van der Waals surface area (Å²) in [5, 5.41) is 0. The Morgan fingerprint density at radius 2 is 2.00 bits per heavy atom. The Labute approximate surface area is 107 Å². The standard InChI is InChI=1S/C13H21BrN2/c1-10(2)4-5-16(3)13-7-11(9-15)6-12(14)8-13/h6-8,10H,4-5,9,15H2,1-3H3. The zero-order valence-electron chi connectivity index (χ0n) is 10.3. The van der Waals surface area contributed by atoms with Crippen molar-refractivity contribution in [1.29, 1.82) is 0 Å². The van der Waals surface area contributed by atoms with E-state index in [1.165, 1.54) is 17.7 Å². The molecule has 0 amide bonds. The number of halogens is 1. The highest BCUT2D eigenvalue weighted by molar-refractivity contribution is 9.10. The van der Waals surface area contributed by atoms with Gasteiger partial charge in [0.1, 0.15) is 0 Å². The van der Waals surface area contributed by atoms with Crippen LogP contribution in [0.3, 0.4) is 0 Å². The summed E-state index contributed by atoms with van der Waals surface area (Å²) in [7, 11) is 2.13. The Hall–Kier alpha value is -0.540. The molecule has 16 heavy (non-hydrogen) atoms. The van der Waals surface area contributed by atoms with E-state index < -0.39 is 0 Å². The molecule has 0 bridgehead atoms. The Morgan fingerprint density at radius 3 is 2.56 bits per heavy atom. The fourth-order valence-corrected chi connectivity index (χ4v) is 2.08. The van der Waals surface area contributed by atoms with Crippen molar-refractivity contribution in [2.45, 2.75) is 26.8 Å². The van der Waals surface area contributed by atoms with Crippen LogP contribution in [0.25, 0.3) is 0 Å². The zero-order valence-corrected chi connectivity index (χ0v) is 11.9. The maximum atomic E-state index is 5.67. The summed E-state index contributed by atoms with van der Waals surface area (Å²) in [5.74, 6) is 0.739. The number of benzene rings is 1. The predicted octanol–water partition coefficient (Wildman–Crippen LogP) is 3.39. The Balaban J connectivity index is 2.74. The summed E-state index contributed by atoms with van der Waals surface area (Å²) in [5.41, 5.74) is 8.07. The highest BCUT2D eigenvalue weighted by Crippen LogP contribution is 2.22. The monoisotopic (exact) mass is 284 g/mol. The van der Waals surface area contributed by atoms with Crippen LogP contribution in [0.15, 0.2) is 22.7 Å². The van der Waals surface area contributed by atoms with Crippen LogP contribution in [0.4, 0.5) is 5.69 Å². The number of anilines is 1. The van der Waals surface area contributed by atoms with E-state index in [-0.39, 0.29) is 0 Å². The molecule has 1 aromatic rings. The predicted molar refractivity (Wildman–Crippen MR) is 74.8 cm³/mol. The normalized spacial score (nSPS) is 10.9. The smallest absolute Gasteiger partial charge is 0.0378 e. The lowest BCUT2D eigenvalue weighted by molar-refractivity contribution is 0.585. The molecule has 0 fully saturated rings. The van der Waals surface area contributed by atoms with E-state index >= 15 is 0 Å². The molecule has 0 saturated carbocycles. The molecular weight excluding hydrogens is 264 g/mol. The second kappa shape index (κ2) is 6.26. The number of hydrogen-bond acceptors (Lipinski definition) is 2. The molecule has 0 unspecified atom stereocenters. The van der Waals surface area contributed by atoms with Gasteiger partial charge >= 0.3 is 0 Å². The number of nitrogens with two attached hydrogens (primary N) is 1. The van der Waals surface area contributed by atoms with E-state index in [2.05, 4.69) is 59.9 Å². The second-order valence-corrected chi connectivity index (χ2v) is 5.54. The average Bonchev–Trinajstić information content (AvgIpc) is 2.24. The summed E-state index contributed by atoms with van der Waals surface area (Å²) in [6.45, 7) is 6.17. The number of rotatable bonds is 5. The van der Waals surface area contributed by atoms with Gasteiger partial charge in [-0.15, -0.1) is 0 Å². The van der Waals surface area contributed by atoms with Crippen molar-refractivity contribution in [3.05, 3.63) is 28.2 Å². The lowest BCUT2D eigenvalue weighted by Crippen LogP contribution is -2.20. The molecule has 0 atom stereocenters. The molecule has 2 N–H and O–H groups in total. The largest absolute Gasteiger partial charge is 0.375 e. The minimum atomic E-state index is 0.588. The first-order chi connectivity index (χ1) is 7.52. The second-order valence-electron chi connectivity index (χ2n) is 4.63. The quantitative estimate of drug-likeness (QED) is 0.898. The van der Waals surface area contributed by atoms with Crippen LogP contribution in [0.2, 0.25) is 0 Å². The van der Waals surface area contributed by atoms with Crippen LogP contribution in [-0.2, 0) is 6.54 Å². The summed E-state index contributed by atoms with van der Waals surface area (Å²) in [6, 6.07) is 6.37. The van der Waals surface area contributed by atoms with E-state index in [0.717, 1.165) is 16.9 Å². The van der Waals surface area contributed by atoms with E-state index in [1.54, 1.807) is 0 Å². The molecule has 0 spiro atoms. The van der Waals surface area contributed by atoms with Gasteiger partial charge in [-0.1, -0.05) is 29.8 Å². The van der Waals surface area contributed by atoms with E-state index in [9.17, 15) is 0 Å². The van der Waals surface area contributed by atoms with Gasteiger partial charge in [-0.2, -0.15) is 0 Å². The third kappa shape index (κ3) is 4.14. The highest BCUT2D eigenvalue weighted by Gasteiger charge is 2.04. The number of hydrogen-bond donors (Lipinski definition) is 1. The fourth-order valence-electron chi connectivity index (χ4n) is 1.55. The molecule has 0 aromatic heterocycles. The molecule has 0 aliphatic carbocycles. The Bertz CT molecular complexity index is 337. The van der Waals surface area contributed by atoms with Gasteiger partial charge in [0.15, 0.2) is 0 Å². The van der Waals surface area contributed by atoms with Gasteiger partial charge in [0.2, 0.25) is 0 Å². The van der Waals surface area contributed by atoms with E-state index in [1.807, 2.05) is 0 Å². The van der Waals surface area contributed by atoms with Gasteiger partial charge in [-0.05, 0) is 36.1 Å². The highest BCUT2D eigenvalue weighted by atomic mass is 79.9. The lowest BCUT2D eigenvalue weighted by Gasteiger charge is -2.21. The van der Waals surface area contributed by atoms with Gasteiger partial charge in [-0.3, -0.25) is 0 Å². The molecule has 0 aliphatic heterocycles. The first-order valence-corrected chi connectivity index (χ1v) is 6.53. The average molecular weight is 285 g/mol. The third-order valence-corrected chi connectivity index (χ3v) is 3.12. The summed E-state index contributed by atoms with van der Waals surface area (Å²) in [4.78, 5) is 2.28. The Kier molecular flexibility index (Phi) is 5.29. The van der Waals surface area contributed by atoms with Crippen molar-refractivity contribution in [2.75, 3.05) is 18.5 Å². The van der Waals surface area contributed by atoms with Gasteiger partial charge in [0, 0.05) is 30.3 Å². The van der Waals surface area contributed by atoms with Crippen LogP contribution >= 0.6 is 15.9 Å². The van der Waals surface area contributed by atoms with Crippen molar-refractivity contribution in [1.82, 2.24) is 0 Å². The topological polar surface area (TPSA) is 29.3 Å². The molecule has 0 heterocycles. The molecule has 0 radical (unpaired) electrons. The van der Waals surface area contributed by atoms with Gasteiger partial charge < -0.3 is 10.6 Å². The van der Waals surface area contributed by atoms with Crippen LogP contribution in [0, 0.1) is 5.92 Å². The van der Waals surface area contributed by atoms with Crippen LogP contribution in [-0.4, -0.2) is 13.6 Å². The van der Waals surface area contributed by atoms with Crippen molar-refractivity contribution in [3.8, 4) is 0 Å². The van der Waals surface area contributed by atoms with Crippen LogP contribution < -0.4 is 10.6 Å². The summed E-state index contributed by atoms with van der Waals surface area (Å²) in [6.07, 6.45) is 1.21. The van der Waals surface area contributed by atoms with Crippen LogP contribution in [0.5, 0.6) is 0 Å². The molecule has 1 rings (SSSR count). The molecule has 0 aliphatic rings. The van der Waals surface area contributed by atoms with Crippen molar-refractivity contribution >= 4 is 21.6 Å². The molecule has 2 nitrogen and oxygen atoms in total. The first-order valence-electron chi connectivity index (χ1n) is 5.73. The SMILES string of the molecule is CC(C)CCN(C)c1cc(Br)cc(CN)c1. The minimum absolute atomic E-state index is 0.588. The maximum absolute atomic E-state index is 5.67. The van der Waals surface area contributed by atoms with E-state index in [4.69, 9.17) is 5.73 Å². The first kappa shape index (κ1) is 13.5. The van der Waals surface area contributed by atoms with Crippen molar-refractivity contribution in [3.63, 3.8) is 0 Å². The molecule has 3 heteroatoms. The summed E-state index contributed by atoms with van der Waals surface area (Å²) >= 11 is 3.52. The summed E-state index contributed by atoms with van der Waals surface area (Å²) < 4.78 is 1.10. The molecule has 0 saturated heterocycles. The van der Waals surface area contributed by atoms with E-state index in [0.29, 0.717) is 6.54 Å². The van der Waals surface area contributed by atoms with Gasteiger partial charge in [0.05, 0.1) is 0 Å². The zero-order chi connectivity index (χ0) is 12.1. The van der Waals surface area contributed by atoms with Crippen molar-refractivity contribution in [2.24, 2.45) is 11.7 Å². The van der Waals surface area contributed by atoms with Crippen LogP contribution in [0.1, 0.15) is 25.8 Å². The van der Waals surface area contributed by atoms with Crippen molar-refractivity contribution < 1.29 is 0 Å². The maximum Gasteiger partial charge on any atom is 0.0378 e. The number of nitrogens with zero attached hydrogens (tertiary/aromatic N) is 1. The minimum Gasteiger partial charge on any atom is -0.375 e. The Morgan fingerprint density at radius 1 is 1.31 bits per heavy atom. The molecule has 90 valence electrons. The third-order valence-electron chi connectivity index (χ3n) is 2.66. The fraction of sp³-hybridized carbons (Fsp3) is 0.538. The molecule has 1 aromatic carbocycles. The lowest BCUT2D eigenvalue weighted by atomic mass is 10.1.